The highest BCUT2D eigenvalue weighted by molar-refractivity contribution is 5.96. The number of hydrogen-bond donors (Lipinski definition) is 2. The minimum absolute atomic E-state index is 0.0950. The van der Waals surface area contributed by atoms with Crippen molar-refractivity contribution in [2.45, 2.75) is 12.6 Å². The number of carbonyl (C=O) groups is 1. The van der Waals surface area contributed by atoms with E-state index in [2.05, 4.69) is 25.4 Å². The number of aromatic nitrogens is 5. The van der Waals surface area contributed by atoms with Crippen LogP contribution in [0, 0.1) is 0 Å². The van der Waals surface area contributed by atoms with Gasteiger partial charge in [0.15, 0.2) is 11.5 Å². The Morgan fingerprint density at radius 1 is 1.22 bits per heavy atom. The van der Waals surface area contributed by atoms with Crippen molar-refractivity contribution < 1.29 is 4.79 Å². The van der Waals surface area contributed by atoms with E-state index in [9.17, 15) is 4.79 Å². The van der Waals surface area contributed by atoms with Crippen molar-refractivity contribution in [2.75, 3.05) is 5.73 Å². The van der Waals surface area contributed by atoms with Crippen molar-refractivity contribution in [3.8, 4) is 0 Å². The van der Waals surface area contributed by atoms with Crippen molar-refractivity contribution >= 4 is 11.7 Å². The van der Waals surface area contributed by atoms with Crippen LogP contribution < -0.4 is 11.1 Å². The van der Waals surface area contributed by atoms with Gasteiger partial charge in [-0.3, -0.25) is 9.48 Å². The van der Waals surface area contributed by atoms with Gasteiger partial charge >= 0.3 is 0 Å². The maximum atomic E-state index is 12.4. The summed E-state index contributed by atoms with van der Waals surface area (Å²) in [6.07, 6.45) is 5.92. The summed E-state index contributed by atoms with van der Waals surface area (Å²) in [5.41, 5.74) is 6.76. The lowest BCUT2D eigenvalue weighted by molar-refractivity contribution is 0.0927. The standard InChI is InChI=1S/C15H15N7O/c16-14-13(18-6-7-19-14)15(23)21-12(8-22-10-17-9-20-22)11-4-2-1-3-5-11/h1-7,9-10,12H,8H2,(H2,16,19)(H,21,23). The minimum atomic E-state index is -0.385. The highest BCUT2D eigenvalue weighted by Crippen LogP contribution is 2.16. The van der Waals surface area contributed by atoms with Gasteiger partial charge in [-0.05, 0) is 5.56 Å². The van der Waals surface area contributed by atoms with Gasteiger partial charge < -0.3 is 11.1 Å². The Morgan fingerprint density at radius 3 is 2.70 bits per heavy atom. The van der Waals surface area contributed by atoms with Crippen LogP contribution >= 0.6 is 0 Å². The second-order valence-electron chi connectivity index (χ2n) is 4.84. The fourth-order valence-corrected chi connectivity index (χ4v) is 2.18. The summed E-state index contributed by atoms with van der Waals surface area (Å²) < 4.78 is 1.65. The number of hydrogen-bond acceptors (Lipinski definition) is 6. The topological polar surface area (TPSA) is 112 Å². The summed E-state index contributed by atoms with van der Waals surface area (Å²) in [6, 6.07) is 9.30. The van der Waals surface area contributed by atoms with Gasteiger partial charge in [0.1, 0.15) is 12.7 Å². The molecule has 0 bridgehead atoms. The molecule has 0 spiro atoms. The predicted molar refractivity (Wildman–Crippen MR) is 83.1 cm³/mol. The van der Waals surface area contributed by atoms with Crippen LogP contribution in [0.5, 0.6) is 0 Å². The van der Waals surface area contributed by atoms with Crippen LogP contribution in [0.4, 0.5) is 5.82 Å². The number of nitrogens with zero attached hydrogens (tertiary/aromatic N) is 5. The molecule has 8 heteroatoms. The molecule has 2 heterocycles. The summed E-state index contributed by atoms with van der Waals surface area (Å²) in [7, 11) is 0. The zero-order valence-electron chi connectivity index (χ0n) is 12.2. The Balaban J connectivity index is 1.84. The lowest BCUT2D eigenvalue weighted by Crippen LogP contribution is -2.32. The van der Waals surface area contributed by atoms with Gasteiger partial charge in [0.2, 0.25) is 0 Å². The largest absolute Gasteiger partial charge is 0.382 e. The van der Waals surface area contributed by atoms with Gasteiger partial charge in [0, 0.05) is 12.4 Å². The average Bonchev–Trinajstić information content (AvgIpc) is 3.08. The number of nitrogens with two attached hydrogens (primary N) is 1. The molecule has 1 atom stereocenters. The first-order chi connectivity index (χ1) is 11.2. The van der Waals surface area contributed by atoms with Crippen molar-refractivity contribution in [1.29, 1.82) is 0 Å². The maximum absolute atomic E-state index is 12.4. The van der Waals surface area contributed by atoms with Crippen LogP contribution in [-0.2, 0) is 6.54 Å². The van der Waals surface area contributed by atoms with Crippen LogP contribution in [0.2, 0.25) is 0 Å². The van der Waals surface area contributed by atoms with E-state index in [-0.39, 0.29) is 23.5 Å². The summed E-state index contributed by atoms with van der Waals surface area (Å²) in [6.45, 7) is 0.440. The smallest absolute Gasteiger partial charge is 0.274 e. The van der Waals surface area contributed by atoms with Gasteiger partial charge in [-0.1, -0.05) is 30.3 Å². The second-order valence-corrected chi connectivity index (χ2v) is 4.84. The van der Waals surface area contributed by atoms with E-state index in [4.69, 9.17) is 5.73 Å². The number of carbonyl (C=O) groups excluding carboxylic acids is 1. The summed E-state index contributed by atoms with van der Waals surface area (Å²) >= 11 is 0. The zero-order chi connectivity index (χ0) is 16.1. The molecule has 3 N–H and O–H groups in total. The van der Waals surface area contributed by atoms with Crippen LogP contribution in [-0.4, -0.2) is 30.6 Å². The second kappa shape index (κ2) is 6.65. The van der Waals surface area contributed by atoms with Crippen LogP contribution in [0.15, 0.2) is 55.4 Å². The third kappa shape index (κ3) is 3.49. The molecule has 0 aliphatic rings. The quantitative estimate of drug-likeness (QED) is 0.721. The van der Waals surface area contributed by atoms with Crippen LogP contribution in [0.3, 0.4) is 0 Å². The fraction of sp³-hybridized carbons (Fsp3) is 0.133. The Morgan fingerprint density at radius 2 is 2.00 bits per heavy atom. The van der Waals surface area contributed by atoms with Gasteiger partial charge in [-0.15, -0.1) is 0 Å². The van der Waals surface area contributed by atoms with Crippen LogP contribution in [0.1, 0.15) is 22.1 Å². The molecule has 0 aliphatic carbocycles. The highest BCUT2D eigenvalue weighted by Gasteiger charge is 2.19. The third-order valence-corrected chi connectivity index (χ3v) is 3.29. The van der Waals surface area contributed by atoms with E-state index in [0.29, 0.717) is 6.54 Å². The highest BCUT2D eigenvalue weighted by atomic mass is 16.2. The Kier molecular flexibility index (Phi) is 4.23. The SMILES string of the molecule is Nc1nccnc1C(=O)NC(Cn1cncn1)c1ccccc1. The number of anilines is 1. The van der Waals surface area contributed by atoms with Crippen molar-refractivity contribution in [3.63, 3.8) is 0 Å². The molecule has 0 saturated carbocycles. The Labute approximate surface area is 132 Å². The molecule has 0 aliphatic heterocycles. The molecule has 2 aromatic heterocycles. The zero-order valence-corrected chi connectivity index (χ0v) is 12.2. The van der Waals surface area contributed by atoms with Crippen LogP contribution in [0.25, 0.3) is 0 Å². The van der Waals surface area contributed by atoms with E-state index in [0.717, 1.165) is 5.56 Å². The first kappa shape index (κ1) is 14.6. The number of amides is 1. The molecular formula is C15H15N7O. The first-order valence-electron chi connectivity index (χ1n) is 6.99. The predicted octanol–water partition coefficient (Wildman–Crippen LogP) is 0.822. The molecule has 0 saturated heterocycles. The van der Waals surface area contributed by atoms with Gasteiger partial charge in [0.25, 0.3) is 5.91 Å². The molecule has 1 aromatic carbocycles. The van der Waals surface area contributed by atoms with Gasteiger partial charge in [0.05, 0.1) is 12.6 Å². The maximum Gasteiger partial charge on any atom is 0.274 e. The number of benzene rings is 1. The summed E-state index contributed by atoms with van der Waals surface area (Å²) in [5, 5.41) is 7.00. The molecule has 1 amide bonds. The molecule has 3 aromatic rings. The molecule has 3 rings (SSSR count). The van der Waals surface area contributed by atoms with E-state index < -0.39 is 0 Å². The first-order valence-corrected chi connectivity index (χ1v) is 6.99. The minimum Gasteiger partial charge on any atom is -0.382 e. The monoisotopic (exact) mass is 309 g/mol. The van der Waals surface area contributed by atoms with E-state index in [1.54, 1.807) is 11.0 Å². The molecule has 8 nitrogen and oxygen atoms in total. The van der Waals surface area contributed by atoms with Gasteiger partial charge in [-0.2, -0.15) is 5.10 Å². The molecule has 116 valence electrons. The molecular weight excluding hydrogens is 294 g/mol. The molecule has 0 radical (unpaired) electrons. The normalized spacial score (nSPS) is 11.8. The number of nitrogens with one attached hydrogen (secondary N) is 1. The van der Waals surface area contributed by atoms with E-state index in [1.807, 2.05) is 30.3 Å². The Hall–Kier alpha value is -3.29. The van der Waals surface area contributed by atoms with Crippen molar-refractivity contribution in [2.24, 2.45) is 0 Å². The molecule has 1 unspecified atom stereocenters. The summed E-state index contributed by atoms with van der Waals surface area (Å²) in [4.78, 5) is 24.2. The van der Waals surface area contributed by atoms with E-state index in [1.165, 1.54) is 18.7 Å². The van der Waals surface area contributed by atoms with E-state index >= 15 is 0 Å². The number of rotatable bonds is 5. The lowest BCUT2D eigenvalue weighted by atomic mass is 10.1. The van der Waals surface area contributed by atoms with Crippen molar-refractivity contribution in [1.82, 2.24) is 30.0 Å². The van der Waals surface area contributed by atoms with Crippen molar-refractivity contribution in [3.05, 3.63) is 66.6 Å². The fourth-order valence-electron chi connectivity index (χ4n) is 2.18. The number of nitrogen functional groups attached to an aromatic ring is 1. The molecule has 23 heavy (non-hydrogen) atoms. The summed E-state index contributed by atoms with van der Waals surface area (Å²) in [5.74, 6) is -0.290. The third-order valence-electron chi connectivity index (χ3n) is 3.29. The molecule has 0 fully saturated rings. The average molecular weight is 309 g/mol. The Bertz CT molecular complexity index is 774. The lowest BCUT2D eigenvalue weighted by Gasteiger charge is -2.19. The van der Waals surface area contributed by atoms with Gasteiger partial charge in [-0.25, -0.2) is 15.0 Å².